The molecule has 0 aliphatic heterocycles. The van der Waals surface area contributed by atoms with Gasteiger partial charge in [0.2, 0.25) is 11.2 Å². The molecular formula is C14H7BrClFN2O. The van der Waals surface area contributed by atoms with Crippen molar-refractivity contribution in [3.63, 3.8) is 0 Å². The lowest BCUT2D eigenvalue weighted by atomic mass is 10.2. The van der Waals surface area contributed by atoms with Gasteiger partial charge in [-0.1, -0.05) is 28.1 Å². The highest BCUT2D eigenvalue weighted by Crippen LogP contribution is 2.30. The van der Waals surface area contributed by atoms with E-state index in [0.29, 0.717) is 15.4 Å². The molecule has 0 spiro atoms. The molecule has 0 bridgehead atoms. The van der Waals surface area contributed by atoms with Crippen molar-refractivity contribution in [1.29, 1.82) is 0 Å². The van der Waals surface area contributed by atoms with E-state index in [-0.39, 0.29) is 16.9 Å². The zero-order valence-corrected chi connectivity index (χ0v) is 12.3. The number of halogens is 3. The van der Waals surface area contributed by atoms with Crippen molar-refractivity contribution >= 4 is 38.4 Å². The van der Waals surface area contributed by atoms with Crippen molar-refractivity contribution < 1.29 is 9.13 Å². The van der Waals surface area contributed by atoms with Gasteiger partial charge in [-0.2, -0.15) is 4.98 Å². The molecule has 20 heavy (non-hydrogen) atoms. The van der Waals surface area contributed by atoms with Gasteiger partial charge in [0, 0.05) is 4.47 Å². The van der Waals surface area contributed by atoms with E-state index < -0.39 is 5.82 Å². The number of ether oxygens (including phenoxy) is 1. The van der Waals surface area contributed by atoms with E-state index in [0.717, 1.165) is 0 Å². The number of benzene rings is 2. The molecule has 6 heteroatoms. The molecule has 2 aromatic carbocycles. The van der Waals surface area contributed by atoms with E-state index in [9.17, 15) is 4.39 Å². The molecule has 3 nitrogen and oxygen atoms in total. The second kappa shape index (κ2) is 5.34. The quantitative estimate of drug-likeness (QED) is 0.610. The SMILES string of the molecule is Fc1cc(Br)ccc1Oc1nc(Cl)nc2ccccc12. The van der Waals surface area contributed by atoms with Gasteiger partial charge in [-0.25, -0.2) is 9.37 Å². The van der Waals surface area contributed by atoms with Gasteiger partial charge < -0.3 is 4.74 Å². The highest BCUT2D eigenvalue weighted by atomic mass is 79.9. The summed E-state index contributed by atoms with van der Waals surface area (Å²) < 4.78 is 20.0. The predicted octanol–water partition coefficient (Wildman–Crippen LogP) is 4.98. The van der Waals surface area contributed by atoms with E-state index in [2.05, 4.69) is 25.9 Å². The van der Waals surface area contributed by atoms with Gasteiger partial charge in [0.15, 0.2) is 11.6 Å². The number of rotatable bonds is 2. The summed E-state index contributed by atoms with van der Waals surface area (Å²) in [6.45, 7) is 0. The maximum Gasteiger partial charge on any atom is 0.231 e. The molecular weight excluding hydrogens is 347 g/mol. The van der Waals surface area contributed by atoms with Crippen LogP contribution < -0.4 is 4.74 Å². The molecule has 0 unspecified atom stereocenters. The summed E-state index contributed by atoms with van der Waals surface area (Å²) in [5.41, 5.74) is 0.639. The van der Waals surface area contributed by atoms with Crippen LogP contribution in [0.2, 0.25) is 5.28 Å². The minimum absolute atomic E-state index is 0.0521. The van der Waals surface area contributed by atoms with Crippen LogP contribution in [0.1, 0.15) is 0 Å². The average molecular weight is 354 g/mol. The van der Waals surface area contributed by atoms with E-state index in [4.69, 9.17) is 16.3 Å². The first-order chi connectivity index (χ1) is 9.63. The van der Waals surface area contributed by atoms with Crippen molar-refractivity contribution in [3.8, 4) is 11.6 Å². The Morgan fingerprint density at radius 2 is 1.90 bits per heavy atom. The largest absolute Gasteiger partial charge is 0.435 e. The average Bonchev–Trinajstić information content (AvgIpc) is 2.41. The predicted molar refractivity (Wildman–Crippen MR) is 78.7 cm³/mol. The molecule has 3 aromatic rings. The Hall–Kier alpha value is -1.72. The van der Waals surface area contributed by atoms with Crippen LogP contribution in [0.25, 0.3) is 10.9 Å². The molecule has 0 saturated heterocycles. The van der Waals surface area contributed by atoms with Crippen LogP contribution in [-0.2, 0) is 0 Å². The van der Waals surface area contributed by atoms with E-state index in [1.165, 1.54) is 12.1 Å². The van der Waals surface area contributed by atoms with Gasteiger partial charge in [0.25, 0.3) is 0 Å². The summed E-state index contributed by atoms with van der Waals surface area (Å²) in [4.78, 5) is 8.10. The highest BCUT2D eigenvalue weighted by molar-refractivity contribution is 9.10. The Kier molecular flexibility index (Phi) is 3.54. The summed E-state index contributed by atoms with van der Waals surface area (Å²) in [6.07, 6.45) is 0. The third-order valence-electron chi connectivity index (χ3n) is 2.64. The zero-order chi connectivity index (χ0) is 14.1. The fraction of sp³-hybridized carbons (Fsp3) is 0. The molecule has 0 aliphatic carbocycles. The first-order valence-corrected chi connectivity index (χ1v) is 6.86. The first kappa shape index (κ1) is 13.3. The monoisotopic (exact) mass is 352 g/mol. The minimum atomic E-state index is -0.488. The van der Waals surface area contributed by atoms with E-state index >= 15 is 0 Å². The molecule has 0 aliphatic rings. The third kappa shape index (κ3) is 2.59. The van der Waals surface area contributed by atoms with Gasteiger partial charge in [-0.3, -0.25) is 0 Å². The van der Waals surface area contributed by atoms with Crippen molar-refractivity contribution in [2.75, 3.05) is 0 Å². The van der Waals surface area contributed by atoms with Crippen LogP contribution in [0, 0.1) is 5.82 Å². The Morgan fingerprint density at radius 3 is 2.70 bits per heavy atom. The number of nitrogens with zero attached hydrogens (tertiary/aromatic N) is 2. The smallest absolute Gasteiger partial charge is 0.231 e. The normalized spacial score (nSPS) is 10.8. The number of aromatic nitrogens is 2. The fourth-order valence-electron chi connectivity index (χ4n) is 1.76. The maximum absolute atomic E-state index is 13.8. The topological polar surface area (TPSA) is 35.0 Å². The van der Waals surface area contributed by atoms with Gasteiger partial charge >= 0.3 is 0 Å². The standard InChI is InChI=1S/C14H7BrClFN2O/c15-8-5-6-12(10(17)7-8)20-13-9-3-1-2-4-11(9)18-14(16)19-13/h1-7H. The molecule has 0 atom stereocenters. The minimum Gasteiger partial charge on any atom is -0.435 e. The van der Waals surface area contributed by atoms with Crippen molar-refractivity contribution in [1.82, 2.24) is 9.97 Å². The van der Waals surface area contributed by atoms with Gasteiger partial charge in [-0.15, -0.1) is 0 Å². The molecule has 0 saturated carbocycles. The summed E-state index contributed by atoms with van der Waals surface area (Å²) in [6, 6.07) is 11.7. The lowest BCUT2D eigenvalue weighted by Gasteiger charge is -2.08. The van der Waals surface area contributed by atoms with Crippen LogP contribution in [0.5, 0.6) is 11.6 Å². The fourth-order valence-corrected chi connectivity index (χ4v) is 2.26. The Labute approximate surface area is 127 Å². The molecule has 0 radical (unpaired) electrons. The second-order valence-electron chi connectivity index (χ2n) is 3.99. The third-order valence-corrected chi connectivity index (χ3v) is 3.30. The summed E-state index contributed by atoms with van der Waals surface area (Å²) >= 11 is 9.04. The van der Waals surface area contributed by atoms with Gasteiger partial charge in [0.1, 0.15) is 0 Å². The highest BCUT2D eigenvalue weighted by Gasteiger charge is 2.11. The Balaban J connectivity index is 2.10. The number of para-hydroxylation sites is 1. The molecule has 100 valence electrons. The summed E-state index contributed by atoms with van der Waals surface area (Å²) in [7, 11) is 0. The Bertz CT molecular complexity index is 797. The van der Waals surface area contributed by atoms with Crippen molar-refractivity contribution in [3.05, 3.63) is 58.0 Å². The first-order valence-electron chi connectivity index (χ1n) is 5.69. The molecule has 0 N–H and O–H groups in total. The van der Waals surface area contributed by atoms with Crippen molar-refractivity contribution in [2.24, 2.45) is 0 Å². The molecule has 0 fully saturated rings. The summed E-state index contributed by atoms with van der Waals surface area (Å²) in [5.74, 6) is -0.187. The van der Waals surface area contributed by atoms with Crippen LogP contribution in [-0.4, -0.2) is 9.97 Å². The van der Waals surface area contributed by atoms with Crippen LogP contribution in [0.3, 0.4) is 0 Å². The Morgan fingerprint density at radius 1 is 1.10 bits per heavy atom. The van der Waals surface area contributed by atoms with Gasteiger partial charge in [-0.05, 0) is 41.9 Å². The number of hydrogen-bond donors (Lipinski definition) is 0. The lowest BCUT2D eigenvalue weighted by molar-refractivity contribution is 0.431. The van der Waals surface area contributed by atoms with Crippen LogP contribution in [0.4, 0.5) is 4.39 Å². The number of hydrogen-bond acceptors (Lipinski definition) is 3. The van der Waals surface area contributed by atoms with E-state index in [1.807, 2.05) is 12.1 Å². The molecule has 3 rings (SSSR count). The summed E-state index contributed by atoms with van der Waals surface area (Å²) in [5, 5.41) is 0.718. The lowest BCUT2D eigenvalue weighted by Crippen LogP contribution is -1.94. The molecule has 0 amide bonds. The van der Waals surface area contributed by atoms with Crippen molar-refractivity contribution in [2.45, 2.75) is 0 Å². The molecule has 1 aromatic heterocycles. The van der Waals surface area contributed by atoms with Crippen LogP contribution >= 0.6 is 27.5 Å². The van der Waals surface area contributed by atoms with E-state index in [1.54, 1.807) is 18.2 Å². The van der Waals surface area contributed by atoms with Crippen LogP contribution in [0.15, 0.2) is 46.9 Å². The number of fused-ring (bicyclic) bond motifs is 1. The maximum atomic E-state index is 13.8. The molecule has 1 heterocycles. The second-order valence-corrected chi connectivity index (χ2v) is 5.25. The van der Waals surface area contributed by atoms with Gasteiger partial charge in [0.05, 0.1) is 10.9 Å². The zero-order valence-electron chi connectivity index (χ0n) is 9.98.